The first-order valence-corrected chi connectivity index (χ1v) is 21.0. The summed E-state index contributed by atoms with van der Waals surface area (Å²) in [5, 5.41) is 7.69. The molecule has 0 radical (unpaired) electrons. The third-order valence-electron chi connectivity index (χ3n) is 12.8. The number of benzene rings is 9. The Morgan fingerprint density at radius 1 is 0.373 bits per heavy atom. The van der Waals surface area contributed by atoms with Crippen molar-refractivity contribution in [3.05, 3.63) is 182 Å². The van der Waals surface area contributed by atoms with Gasteiger partial charge in [0, 0.05) is 47.2 Å². The van der Waals surface area contributed by atoms with Crippen molar-refractivity contribution in [3.8, 4) is 56.4 Å². The summed E-state index contributed by atoms with van der Waals surface area (Å²) in [4.78, 5) is 0. The standard InChI is InChI=1S/C54H30BNO2S/c1-5-22-45-37(14-1)41-27-33(28-42-38-15-2-6-23-46(38)56(45)52(41)42)31-12-9-13-32(26-31)35-16-10-18-39-40-19-11-17-36(54(40)59-53(35)39)34-29-49-51-50(30-34)58-48-25-8-4-21-44(48)55(51)43-20-3-7-24-47(43)57-49/h1-30H. The Balaban J connectivity index is 0.925. The number of nitrogens with zero attached hydrogens (tertiary/aromatic N) is 1. The molecule has 2 aliphatic heterocycles. The van der Waals surface area contributed by atoms with Crippen LogP contribution in [0, 0.1) is 0 Å². The van der Waals surface area contributed by atoms with E-state index in [2.05, 4.69) is 186 Å². The van der Waals surface area contributed by atoms with Gasteiger partial charge in [0.25, 0.3) is 6.71 Å². The maximum Gasteiger partial charge on any atom is 0.260 e. The second kappa shape index (κ2) is 11.6. The van der Waals surface area contributed by atoms with Crippen LogP contribution in [0.2, 0.25) is 0 Å². The summed E-state index contributed by atoms with van der Waals surface area (Å²) in [5.74, 6) is 3.52. The third-order valence-corrected chi connectivity index (χ3v) is 14.1. The molecule has 3 nitrogen and oxygen atoms in total. The number of fused-ring (bicyclic) bond motifs is 13. The predicted octanol–water partition coefficient (Wildman–Crippen LogP) is 12.9. The number of hydrogen-bond acceptors (Lipinski definition) is 3. The summed E-state index contributed by atoms with van der Waals surface area (Å²) < 4.78 is 18.4. The van der Waals surface area contributed by atoms with E-state index in [9.17, 15) is 0 Å². The van der Waals surface area contributed by atoms with Crippen LogP contribution in [0.25, 0.3) is 91.6 Å². The number of para-hydroxylation sites is 4. The summed E-state index contributed by atoms with van der Waals surface area (Å²) in [6, 6.07) is 66.2. The highest BCUT2D eigenvalue weighted by atomic mass is 32.1. The van der Waals surface area contributed by atoms with Crippen LogP contribution >= 0.6 is 11.3 Å². The van der Waals surface area contributed by atoms with Crippen molar-refractivity contribution in [2.75, 3.05) is 0 Å². The van der Waals surface area contributed by atoms with Crippen molar-refractivity contribution in [2.45, 2.75) is 0 Å². The smallest absolute Gasteiger partial charge is 0.260 e. The minimum atomic E-state index is 0.0550. The van der Waals surface area contributed by atoms with Crippen molar-refractivity contribution >= 4 is 92.7 Å². The quantitative estimate of drug-likeness (QED) is 0.167. The molecule has 0 N–H and O–H groups in total. The van der Waals surface area contributed by atoms with E-state index in [1.54, 1.807) is 0 Å². The second-order valence-corrected chi connectivity index (χ2v) is 17.0. The van der Waals surface area contributed by atoms with Gasteiger partial charge in [0.15, 0.2) is 0 Å². The first-order chi connectivity index (χ1) is 29.2. The number of ether oxygens (including phenoxy) is 2. The molecular weight excluding hydrogens is 737 g/mol. The number of hydrogen-bond donors (Lipinski definition) is 0. The largest absolute Gasteiger partial charge is 0.458 e. The van der Waals surface area contributed by atoms with Gasteiger partial charge in [-0.3, -0.25) is 0 Å². The Morgan fingerprint density at radius 3 is 1.51 bits per heavy atom. The van der Waals surface area contributed by atoms with Gasteiger partial charge in [-0.1, -0.05) is 127 Å². The molecule has 0 saturated carbocycles. The van der Waals surface area contributed by atoms with E-state index in [4.69, 9.17) is 9.47 Å². The molecule has 0 amide bonds. The average molecular weight is 768 g/mol. The summed E-state index contributed by atoms with van der Waals surface area (Å²) in [6.07, 6.45) is 0. The van der Waals surface area contributed by atoms with Crippen molar-refractivity contribution < 1.29 is 9.47 Å². The van der Waals surface area contributed by atoms with Gasteiger partial charge in [-0.2, -0.15) is 0 Å². The zero-order valence-electron chi connectivity index (χ0n) is 31.6. The minimum absolute atomic E-state index is 0.0550. The highest BCUT2D eigenvalue weighted by Crippen LogP contribution is 2.47. The van der Waals surface area contributed by atoms with Gasteiger partial charge in [-0.05, 0) is 98.9 Å². The normalized spacial score (nSPS) is 13.0. The van der Waals surface area contributed by atoms with Crippen LogP contribution in [0.15, 0.2) is 182 Å². The zero-order chi connectivity index (χ0) is 38.3. The highest BCUT2D eigenvalue weighted by Gasteiger charge is 2.40. The topological polar surface area (TPSA) is 22.9 Å². The van der Waals surface area contributed by atoms with Crippen molar-refractivity contribution in [1.82, 2.24) is 4.40 Å². The van der Waals surface area contributed by atoms with Crippen LogP contribution in [0.1, 0.15) is 0 Å². The molecular formula is C54H30BNO2S. The summed E-state index contributed by atoms with van der Waals surface area (Å²) in [7, 11) is 0. The predicted molar refractivity (Wildman–Crippen MR) is 248 cm³/mol. The molecule has 0 fully saturated rings. The Morgan fingerprint density at radius 2 is 0.881 bits per heavy atom. The Kier molecular flexibility index (Phi) is 6.25. The fraction of sp³-hybridized carbons (Fsp3) is 0. The molecule has 0 atom stereocenters. The average Bonchev–Trinajstić information content (AvgIpc) is 3.96. The molecule has 5 heteroatoms. The molecule has 0 unspecified atom stereocenters. The fourth-order valence-corrected chi connectivity index (χ4v) is 11.7. The summed E-state index contributed by atoms with van der Waals surface area (Å²) in [6.45, 7) is 0.0550. The number of aromatic nitrogens is 1. The molecule has 12 aromatic rings. The monoisotopic (exact) mass is 767 g/mol. The molecule has 2 aliphatic rings. The minimum Gasteiger partial charge on any atom is -0.458 e. The highest BCUT2D eigenvalue weighted by molar-refractivity contribution is 7.26. The van der Waals surface area contributed by atoms with Gasteiger partial charge in [0.1, 0.15) is 23.0 Å². The van der Waals surface area contributed by atoms with Crippen molar-refractivity contribution in [1.29, 1.82) is 0 Å². The maximum atomic E-state index is 6.69. The van der Waals surface area contributed by atoms with Crippen LogP contribution in [0.5, 0.6) is 23.0 Å². The fourth-order valence-electron chi connectivity index (χ4n) is 10.3. The second-order valence-electron chi connectivity index (χ2n) is 15.9. The summed E-state index contributed by atoms with van der Waals surface area (Å²) in [5.41, 5.74) is 14.4. The molecule has 272 valence electrons. The van der Waals surface area contributed by atoms with Crippen LogP contribution in [0.4, 0.5) is 0 Å². The van der Waals surface area contributed by atoms with E-state index in [0.29, 0.717) is 0 Å². The Hall–Kier alpha value is -7.34. The van der Waals surface area contributed by atoms with Gasteiger partial charge in [0.05, 0.1) is 16.6 Å². The lowest BCUT2D eigenvalue weighted by atomic mass is 9.35. The molecule has 9 aromatic carbocycles. The molecule has 3 aromatic heterocycles. The lowest BCUT2D eigenvalue weighted by molar-refractivity contribution is 0.465. The Bertz CT molecular complexity index is 3610. The first-order valence-electron chi connectivity index (χ1n) is 20.2. The van der Waals surface area contributed by atoms with Crippen LogP contribution < -0.4 is 25.9 Å². The molecule has 0 saturated heterocycles. The maximum absolute atomic E-state index is 6.69. The summed E-state index contributed by atoms with van der Waals surface area (Å²) >= 11 is 1.87. The molecule has 14 rings (SSSR count). The van der Waals surface area contributed by atoms with E-state index in [-0.39, 0.29) is 6.71 Å². The van der Waals surface area contributed by atoms with Crippen LogP contribution in [-0.4, -0.2) is 11.1 Å². The lowest BCUT2D eigenvalue weighted by Gasteiger charge is -2.33. The van der Waals surface area contributed by atoms with Gasteiger partial charge in [0.2, 0.25) is 0 Å². The Labute approximate surface area is 343 Å². The lowest BCUT2D eigenvalue weighted by Crippen LogP contribution is -2.57. The molecule has 5 heterocycles. The van der Waals surface area contributed by atoms with E-state index in [1.165, 1.54) is 97.0 Å². The van der Waals surface area contributed by atoms with Crippen LogP contribution in [-0.2, 0) is 0 Å². The molecule has 0 spiro atoms. The van der Waals surface area contributed by atoms with E-state index < -0.39 is 0 Å². The van der Waals surface area contributed by atoms with Gasteiger partial charge < -0.3 is 13.9 Å². The zero-order valence-corrected chi connectivity index (χ0v) is 32.4. The van der Waals surface area contributed by atoms with Crippen molar-refractivity contribution in [3.63, 3.8) is 0 Å². The first kappa shape index (κ1) is 31.7. The SMILES string of the molecule is c1cc(-c2cc3c4ccccc4n4c5ccccc5c(c2)c34)cc(-c2cccc3c2sc2c(-c4cc5c6c(c4)Oc4ccccc4B6c4ccccc4O5)cccc23)c1. The third kappa shape index (κ3) is 4.32. The molecule has 59 heavy (non-hydrogen) atoms. The number of rotatable bonds is 3. The number of thiophene rings is 1. The van der Waals surface area contributed by atoms with E-state index >= 15 is 0 Å². The molecule has 0 aliphatic carbocycles. The van der Waals surface area contributed by atoms with Gasteiger partial charge >= 0.3 is 0 Å². The van der Waals surface area contributed by atoms with Crippen LogP contribution in [0.3, 0.4) is 0 Å². The van der Waals surface area contributed by atoms with Gasteiger partial charge in [-0.25, -0.2) is 0 Å². The van der Waals surface area contributed by atoms with Crippen molar-refractivity contribution in [2.24, 2.45) is 0 Å². The van der Waals surface area contributed by atoms with E-state index in [1.807, 2.05) is 11.3 Å². The molecule has 0 bridgehead atoms. The van der Waals surface area contributed by atoms with Gasteiger partial charge in [-0.15, -0.1) is 11.3 Å². The van der Waals surface area contributed by atoms with E-state index in [0.717, 1.165) is 34.0 Å².